The molecule has 1 aromatic rings. The van der Waals surface area contributed by atoms with Crippen LogP contribution in [0.1, 0.15) is 18.3 Å². The van der Waals surface area contributed by atoms with Crippen molar-refractivity contribution in [3.05, 3.63) is 15.9 Å². The number of halogens is 1. The highest BCUT2D eigenvalue weighted by Crippen LogP contribution is 2.21. The van der Waals surface area contributed by atoms with E-state index in [1.54, 1.807) is 0 Å². The second-order valence-corrected chi connectivity index (χ2v) is 4.85. The van der Waals surface area contributed by atoms with Gasteiger partial charge in [0.1, 0.15) is 0 Å². The van der Waals surface area contributed by atoms with Crippen LogP contribution in [0.15, 0.2) is 4.47 Å². The van der Waals surface area contributed by atoms with Crippen molar-refractivity contribution >= 4 is 15.9 Å². The number of hydrogen-bond donors (Lipinski definition) is 1. The molecule has 0 spiro atoms. The van der Waals surface area contributed by atoms with E-state index in [-0.39, 0.29) is 0 Å². The van der Waals surface area contributed by atoms with E-state index in [0.29, 0.717) is 0 Å². The summed E-state index contributed by atoms with van der Waals surface area (Å²) in [5.74, 6) is 0. The van der Waals surface area contributed by atoms with Crippen LogP contribution >= 0.6 is 15.9 Å². The molecular weight excluding hydrogens is 268 g/mol. The van der Waals surface area contributed by atoms with E-state index in [1.165, 1.54) is 5.69 Å². The molecule has 0 aliphatic rings. The van der Waals surface area contributed by atoms with Gasteiger partial charge in [-0.05, 0) is 36.4 Å². The van der Waals surface area contributed by atoms with E-state index >= 15 is 0 Å². The van der Waals surface area contributed by atoms with Gasteiger partial charge in [0.05, 0.1) is 15.9 Å². The van der Waals surface area contributed by atoms with Crippen molar-refractivity contribution in [1.29, 1.82) is 0 Å². The third-order valence-corrected chi connectivity index (χ3v) is 3.63. The molecule has 0 aliphatic heterocycles. The van der Waals surface area contributed by atoms with Crippen molar-refractivity contribution in [3.8, 4) is 0 Å². The Kier molecular flexibility index (Phi) is 5.44. The van der Waals surface area contributed by atoms with Crippen LogP contribution in [0, 0.1) is 6.92 Å². The molecular formula is C11H21BrN4. The summed E-state index contributed by atoms with van der Waals surface area (Å²) >= 11 is 3.59. The van der Waals surface area contributed by atoms with Crippen molar-refractivity contribution in [2.75, 3.05) is 26.7 Å². The Balaban J connectivity index is 2.52. The minimum atomic E-state index is 0.920. The maximum absolute atomic E-state index is 4.39. The molecule has 0 fully saturated rings. The molecule has 0 unspecified atom stereocenters. The molecule has 0 saturated carbocycles. The quantitative estimate of drug-likeness (QED) is 0.806. The van der Waals surface area contributed by atoms with E-state index in [2.05, 4.69) is 45.2 Å². The van der Waals surface area contributed by atoms with Crippen LogP contribution in [-0.4, -0.2) is 41.4 Å². The molecule has 0 aromatic carbocycles. The monoisotopic (exact) mass is 288 g/mol. The van der Waals surface area contributed by atoms with Crippen molar-refractivity contribution in [3.63, 3.8) is 0 Å². The van der Waals surface area contributed by atoms with Crippen LogP contribution in [0.4, 0.5) is 0 Å². The Labute approximate surface area is 106 Å². The Morgan fingerprint density at radius 1 is 1.50 bits per heavy atom. The highest BCUT2D eigenvalue weighted by atomic mass is 79.9. The summed E-state index contributed by atoms with van der Waals surface area (Å²) in [5.41, 5.74) is 2.29. The van der Waals surface area contributed by atoms with Crippen LogP contribution in [0.2, 0.25) is 0 Å². The molecule has 5 heteroatoms. The Bertz CT molecular complexity index is 335. The topological polar surface area (TPSA) is 33.1 Å². The molecule has 16 heavy (non-hydrogen) atoms. The average Bonchev–Trinajstić information content (AvgIpc) is 2.46. The molecule has 4 nitrogen and oxygen atoms in total. The number of hydrogen-bond acceptors (Lipinski definition) is 3. The number of nitrogens with one attached hydrogen (secondary N) is 1. The normalized spacial score (nSPS) is 11.4. The second kappa shape index (κ2) is 6.37. The molecule has 1 N–H and O–H groups in total. The SMILES string of the molecule is CCNCCN(C)Cc1c(Br)c(C)nn1C. The van der Waals surface area contributed by atoms with Crippen LogP contribution in [0.3, 0.4) is 0 Å². The predicted molar refractivity (Wildman–Crippen MR) is 70.5 cm³/mol. The second-order valence-electron chi connectivity index (χ2n) is 4.06. The molecule has 0 radical (unpaired) electrons. The van der Waals surface area contributed by atoms with Crippen molar-refractivity contribution in [1.82, 2.24) is 20.0 Å². The number of nitrogens with zero attached hydrogens (tertiary/aromatic N) is 3. The highest BCUT2D eigenvalue weighted by molar-refractivity contribution is 9.10. The molecule has 0 saturated heterocycles. The van der Waals surface area contributed by atoms with Gasteiger partial charge in [-0.25, -0.2) is 0 Å². The van der Waals surface area contributed by atoms with Gasteiger partial charge < -0.3 is 5.32 Å². The number of aryl methyl sites for hydroxylation is 2. The van der Waals surface area contributed by atoms with Crippen LogP contribution in [0.5, 0.6) is 0 Å². The Morgan fingerprint density at radius 3 is 2.69 bits per heavy atom. The van der Waals surface area contributed by atoms with E-state index in [1.807, 2.05) is 18.7 Å². The largest absolute Gasteiger partial charge is 0.316 e. The maximum atomic E-state index is 4.39. The van der Waals surface area contributed by atoms with Gasteiger partial charge in [-0.15, -0.1) is 0 Å². The smallest absolute Gasteiger partial charge is 0.0739 e. The maximum Gasteiger partial charge on any atom is 0.0739 e. The molecule has 1 heterocycles. The first-order chi connectivity index (χ1) is 7.56. The Morgan fingerprint density at radius 2 is 2.19 bits per heavy atom. The van der Waals surface area contributed by atoms with Crippen molar-refractivity contribution in [2.24, 2.45) is 7.05 Å². The van der Waals surface area contributed by atoms with Crippen LogP contribution in [-0.2, 0) is 13.6 Å². The fraction of sp³-hybridized carbons (Fsp3) is 0.727. The fourth-order valence-electron chi connectivity index (χ4n) is 1.63. The van der Waals surface area contributed by atoms with Gasteiger partial charge >= 0.3 is 0 Å². The van der Waals surface area contributed by atoms with Gasteiger partial charge in [0.25, 0.3) is 0 Å². The number of aromatic nitrogens is 2. The zero-order valence-corrected chi connectivity index (χ0v) is 12.1. The third-order valence-electron chi connectivity index (χ3n) is 2.60. The summed E-state index contributed by atoms with van der Waals surface area (Å²) in [6.45, 7) is 8.17. The van der Waals surface area contributed by atoms with Crippen molar-refractivity contribution < 1.29 is 0 Å². The van der Waals surface area contributed by atoms with Crippen LogP contribution in [0.25, 0.3) is 0 Å². The van der Waals surface area contributed by atoms with Gasteiger partial charge in [0.2, 0.25) is 0 Å². The summed E-state index contributed by atoms with van der Waals surface area (Å²) in [4.78, 5) is 2.30. The predicted octanol–water partition coefficient (Wildman–Crippen LogP) is 1.53. The molecule has 92 valence electrons. The summed E-state index contributed by atoms with van der Waals surface area (Å²) in [6.07, 6.45) is 0. The van der Waals surface area contributed by atoms with Gasteiger partial charge in [-0.1, -0.05) is 6.92 Å². The third kappa shape index (κ3) is 3.57. The van der Waals surface area contributed by atoms with Gasteiger partial charge in [-0.2, -0.15) is 5.10 Å². The minimum absolute atomic E-state index is 0.920. The van der Waals surface area contributed by atoms with Crippen molar-refractivity contribution in [2.45, 2.75) is 20.4 Å². The Hall–Kier alpha value is -0.390. The molecule has 1 rings (SSSR count). The van der Waals surface area contributed by atoms with Gasteiger partial charge in [-0.3, -0.25) is 9.58 Å². The number of rotatable bonds is 6. The summed E-state index contributed by atoms with van der Waals surface area (Å²) in [5, 5.41) is 7.71. The summed E-state index contributed by atoms with van der Waals surface area (Å²) in [6, 6.07) is 0. The molecule has 0 atom stereocenters. The van der Waals surface area contributed by atoms with Gasteiger partial charge in [0, 0.05) is 26.7 Å². The van der Waals surface area contributed by atoms with Crippen LogP contribution < -0.4 is 5.32 Å². The lowest BCUT2D eigenvalue weighted by molar-refractivity contribution is 0.316. The molecule has 0 amide bonds. The zero-order chi connectivity index (χ0) is 12.1. The summed E-state index contributed by atoms with van der Waals surface area (Å²) < 4.78 is 3.08. The lowest BCUT2D eigenvalue weighted by Crippen LogP contribution is -2.29. The zero-order valence-electron chi connectivity index (χ0n) is 10.5. The highest BCUT2D eigenvalue weighted by Gasteiger charge is 2.12. The van der Waals surface area contributed by atoms with E-state index in [0.717, 1.165) is 36.3 Å². The molecule has 0 bridgehead atoms. The molecule has 1 aromatic heterocycles. The summed E-state index contributed by atoms with van der Waals surface area (Å²) in [7, 11) is 4.12. The first-order valence-corrected chi connectivity index (χ1v) is 6.42. The standard InChI is InChI=1S/C11H21BrN4/c1-5-13-6-7-15(3)8-10-11(12)9(2)14-16(10)4/h13H,5-8H2,1-4H3. The van der Waals surface area contributed by atoms with E-state index in [4.69, 9.17) is 0 Å². The fourth-order valence-corrected chi connectivity index (χ4v) is 2.09. The molecule has 0 aliphatic carbocycles. The van der Waals surface area contributed by atoms with Gasteiger partial charge in [0.15, 0.2) is 0 Å². The van der Waals surface area contributed by atoms with E-state index < -0.39 is 0 Å². The number of likely N-dealkylation sites (N-methyl/N-ethyl adjacent to an activating group) is 2. The first-order valence-electron chi connectivity index (χ1n) is 5.63. The minimum Gasteiger partial charge on any atom is -0.316 e. The lowest BCUT2D eigenvalue weighted by atomic mass is 10.3. The lowest BCUT2D eigenvalue weighted by Gasteiger charge is -2.17. The average molecular weight is 289 g/mol. The first kappa shape index (κ1) is 13.7. The van der Waals surface area contributed by atoms with E-state index in [9.17, 15) is 0 Å².